The lowest BCUT2D eigenvalue weighted by molar-refractivity contribution is -0.253. The standard InChI is InChI=1S/C16H23N3O/c1-15-7-18-9-16(2,14(15)20)10-19(8-15)13(18)11-5-3-4-6-12(11)17/h3-6,13-14,20H,7-10,17H2,1-2H3. The van der Waals surface area contributed by atoms with Gasteiger partial charge in [-0.3, -0.25) is 9.80 Å². The maximum Gasteiger partial charge on any atom is 0.0907 e. The molecule has 0 atom stereocenters. The minimum atomic E-state index is -0.198. The predicted molar refractivity (Wildman–Crippen MR) is 79.0 cm³/mol. The van der Waals surface area contributed by atoms with E-state index in [4.69, 9.17) is 5.73 Å². The van der Waals surface area contributed by atoms with Crippen LogP contribution >= 0.6 is 0 Å². The molecule has 0 aliphatic carbocycles. The van der Waals surface area contributed by atoms with E-state index in [0.717, 1.165) is 31.9 Å². The molecule has 0 radical (unpaired) electrons. The first-order chi connectivity index (χ1) is 9.43. The number of nitrogen functional groups attached to an aromatic ring is 1. The fourth-order valence-corrected chi connectivity index (χ4v) is 4.97. The number of rotatable bonds is 1. The van der Waals surface area contributed by atoms with Gasteiger partial charge in [-0.1, -0.05) is 32.0 Å². The summed E-state index contributed by atoms with van der Waals surface area (Å²) in [6.07, 6.45) is 0.0846. The minimum absolute atomic E-state index is 0.00864. The molecule has 4 heteroatoms. The van der Waals surface area contributed by atoms with Crippen LogP contribution in [0.5, 0.6) is 0 Å². The van der Waals surface area contributed by atoms with E-state index in [-0.39, 0.29) is 23.1 Å². The quantitative estimate of drug-likeness (QED) is 0.757. The van der Waals surface area contributed by atoms with Crippen LogP contribution in [0.15, 0.2) is 24.3 Å². The molecule has 0 spiro atoms. The van der Waals surface area contributed by atoms with Crippen molar-refractivity contribution in [2.75, 3.05) is 31.9 Å². The topological polar surface area (TPSA) is 52.7 Å². The molecule has 5 rings (SSSR count). The lowest BCUT2D eigenvalue weighted by Gasteiger charge is -2.68. The molecule has 4 aliphatic heterocycles. The van der Waals surface area contributed by atoms with Crippen molar-refractivity contribution in [2.24, 2.45) is 10.8 Å². The molecular formula is C16H23N3O. The van der Waals surface area contributed by atoms with Crippen LogP contribution < -0.4 is 5.73 Å². The van der Waals surface area contributed by atoms with Crippen molar-refractivity contribution in [3.8, 4) is 0 Å². The summed E-state index contributed by atoms with van der Waals surface area (Å²) in [6, 6.07) is 8.19. The zero-order valence-corrected chi connectivity index (χ0v) is 12.2. The first kappa shape index (κ1) is 12.6. The van der Waals surface area contributed by atoms with Crippen LogP contribution in [0, 0.1) is 10.8 Å². The normalized spacial score (nSPS) is 49.5. The molecule has 3 N–H and O–H groups in total. The molecule has 1 aromatic carbocycles. The average molecular weight is 273 g/mol. The van der Waals surface area contributed by atoms with Gasteiger partial charge in [-0.15, -0.1) is 0 Å². The summed E-state index contributed by atoms with van der Waals surface area (Å²) in [5.74, 6) is 0. The van der Waals surface area contributed by atoms with Gasteiger partial charge in [-0.25, -0.2) is 0 Å². The molecule has 0 amide bonds. The molecule has 0 aromatic heterocycles. The second kappa shape index (κ2) is 3.75. The predicted octanol–water partition coefficient (Wildman–Crippen LogP) is 1.29. The zero-order valence-electron chi connectivity index (χ0n) is 12.2. The van der Waals surface area contributed by atoms with Gasteiger partial charge < -0.3 is 10.8 Å². The Kier molecular flexibility index (Phi) is 2.37. The summed E-state index contributed by atoms with van der Waals surface area (Å²) in [5, 5.41) is 10.7. The highest BCUT2D eigenvalue weighted by Gasteiger charge is 2.61. The number of piperidine rings is 2. The second-order valence-corrected chi connectivity index (χ2v) is 7.52. The van der Waals surface area contributed by atoms with Crippen LogP contribution in [0.3, 0.4) is 0 Å². The second-order valence-electron chi connectivity index (χ2n) is 7.52. The van der Waals surface area contributed by atoms with E-state index in [0.29, 0.717) is 0 Å². The third-order valence-electron chi connectivity index (χ3n) is 5.54. The average Bonchev–Trinajstić information content (AvgIpc) is 2.36. The number of nitrogens with two attached hydrogens (primary N) is 1. The number of nitrogens with zero attached hydrogens (tertiary/aromatic N) is 2. The number of hydrogen-bond acceptors (Lipinski definition) is 4. The van der Waals surface area contributed by atoms with E-state index in [1.54, 1.807) is 0 Å². The number of benzene rings is 1. The Morgan fingerprint density at radius 2 is 1.55 bits per heavy atom. The van der Waals surface area contributed by atoms with Crippen molar-refractivity contribution in [1.82, 2.24) is 9.80 Å². The maximum absolute atomic E-state index is 10.7. The van der Waals surface area contributed by atoms with Crippen molar-refractivity contribution in [2.45, 2.75) is 26.1 Å². The summed E-state index contributed by atoms with van der Waals surface area (Å²) in [5.41, 5.74) is 8.27. The molecule has 20 heavy (non-hydrogen) atoms. The largest absolute Gasteiger partial charge is 0.398 e. The highest BCUT2D eigenvalue weighted by atomic mass is 16.3. The lowest BCUT2D eigenvalue weighted by Crippen LogP contribution is -2.76. The van der Waals surface area contributed by atoms with Crippen LogP contribution in [0.4, 0.5) is 5.69 Å². The molecule has 0 saturated carbocycles. The number of aliphatic hydroxyl groups is 1. The summed E-state index contributed by atoms with van der Waals surface area (Å²) in [4.78, 5) is 5.01. The monoisotopic (exact) mass is 273 g/mol. The Hall–Kier alpha value is -1.10. The van der Waals surface area contributed by atoms with Gasteiger partial charge in [0.05, 0.1) is 12.3 Å². The van der Waals surface area contributed by atoms with Gasteiger partial charge in [-0.2, -0.15) is 0 Å². The lowest BCUT2D eigenvalue weighted by atomic mass is 9.60. The summed E-state index contributed by atoms with van der Waals surface area (Å²) in [7, 11) is 0. The van der Waals surface area contributed by atoms with Gasteiger partial charge in [0.1, 0.15) is 0 Å². The Labute approximate surface area is 120 Å². The summed E-state index contributed by atoms with van der Waals surface area (Å²) >= 11 is 0. The Morgan fingerprint density at radius 3 is 2.05 bits per heavy atom. The Balaban J connectivity index is 1.76. The van der Waals surface area contributed by atoms with Gasteiger partial charge in [0, 0.05) is 48.3 Å². The van der Waals surface area contributed by atoms with E-state index < -0.39 is 0 Å². The van der Waals surface area contributed by atoms with Gasteiger partial charge in [-0.05, 0) is 6.07 Å². The van der Waals surface area contributed by atoms with Crippen molar-refractivity contribution in [3.05, 3.63) is 29.8 Å². The van der Waals surface area contributed by atoms with Gasteiger partial charge in [0.25, 0.3) is 0 Å². The molecular weight excluding hydrogens is 250 g/mol. The van der Waals surface area contributed by atoms with Crippen LogP contribution in [0.2, 0.25) is 0 Å². The minimum Gasteiger partial charge on any atom is -0.398 e. The maximum atomic E-state index is 10.7. The molecule has 4 nitrogen and oxygen atoms in total. The SMILES string of the molecule is CC12CN3CC(C)(CN(C1)C3c1ccccc1N)C2O. The van der Waals surface area contributed by atoms with Gasteiger partial charge in [0.15, 0.2) is 0 Å². The molecule has 4 fully saturated rings. The smallest absolute Gasteiger partial charge is 0.0907 e. The first-order valence-electron chi connectivity index (χ1n) is 7.44. The highest BCUT2D eigenvalue weighted by molar-refractivity contribution is 5.48. The van der Waals surface area contributed by atoms with E-state index in [1.165, 1.54) is 5.56 Å². The molecule has 1 aromatic rings. The Morgan fingerprint density at radius 1 is 1.05 bits per heavy atom. The van der Waals surface area contributed by atoms with Crippen molar-refractivity contribution < 1.29 is 5.11 Å². The van der Waals surface area contributed by atoms with E-state index in [2.05, 4.69) is 35.8 Å². The molecule has 4 saturated heterocycles. The van der Waals surface area contributed by atoms with E-state index in [9.17, 15) is 5.11 Å². The first-order valence-corrected chi connectivity index (χ1v) is 7.44. The van der Waals surface area contributed by atoms with Crippen LogP contribution in [0.1, 0.15) is 25.6 Å². The van der Waals surface area contributed by atoms with Gasteiger partial charge in [0.2, 0.25) is 0 Å². The number of hydrogen-bond donors (Lipinski definition) is 2. The van der Waals surface area contributed by atoms with Gasteiger partial charge >= 0.3 is 0 Å². The summed E-state index contributed by atoms with van der Waals surface area (Å²) in [6.45, 7) is 8.27. The molecule has 4 aliphatic rings. The van der Waals surface area contributed by atoms with E-state index >= 15 is 0 Å². The molecule has 4 bridgehead atoms. The third kappa shape index (κ3) is 1.47. The molecule has 0 unspecified atom stereocenters. The van der Waals surface area contributed by atoms with Crippen molar-refractivity contribution in [3.63, 3.8) is 0 Å². The number of para-hydroxylation sites is 1. The fourth-order valence-electron chi connectivity index (χ4n) is 4.97. The number of aliphatic hydroxyl groups excluding tert-OH is 1. The number of anilines is 1. The van der Waals surface area contributed by atoms with Crippen molar-refractivity contribution in [1.29, 1.82) is 0 Å². The zero-order chi connectivity index (χ0) is 14.1. The van der Waals surface area contributed by atoms with Crippen LogP contribution in [-0.2, 0) is 0 Å². The molecule has 108 valence electrons. The fraction of sp³-hybridized carbons (Fsp3) is 0.625. The molecule has 4 heterocycles. The van der Waals surface area contributed by atoms with Crippen molar-refractivity contribution >= 4 is 5.69 Å². The van der Waals surface area contributed by atoms with Crippen LogP contribution in [0.25, 0.3) is 0 Å². The van der Waals surface area contributed by atoms with E-state index in [1.807, 2.05) is 12.1 Å². The third-order valence-corrected chi connectivity index (χ3v) is 5.54. The summed E-state index contributed by atoms with van der Waals surface area (Å²) < 4.78 is 0. The highest BCUT2D eigenvalue weighted by Crippen LogP contribution is 2.54. The Bertz CT molecular complexity index is 520. The van der Waals surface area contributed by atoms with Crippen LogP contribution in [-0.4, -0.2) is 47.2 Å².